The third kappa shape index (κ3) is 16.5. The molecule has 0 saturated heterocycles. The van der Waals surface area contributed by atoms with Gasteiger partial charge in [0.25, 0.3) is 0 Å². The highest BCUT2D eigenvalue weighted by molar-refractivity contribution is 14.0. The lowest BCUT2D eigenvalue weighted by Crippen LogP contribution is -2.53. The first-order chi connectivity index (χ1) is 20.5. The molecule has 0 aromatic heterocycles. The quantitative estimate of drug-likeness (QED) is 0.0458. The Labute approximate surface area is 282 Å². The smallest absolute Gasteiger partial charge is 0.196 e. The Morgan fingerprint density at radius 1 is 0.674 bits per heavy atom. The van der Waals surface area contributed by atoms with Crippen LogP contribution in [0.25, 0.3) is 0 Å². The van der Waals surface area contributed by atoms with Crippen molar-refractivity contribution in [3.05, 3.63) is 65.7 Å². The average Bonchev–Trinajstić information content (AvgIpc) is 3.01. The summed E-state index contributed by atoms with van der Waals surface area (Å²) in [5, 5.41) is 3.78. The minimum atomic E-state index is -0.532. The number of carbonyl (C=O) groups is 1. The number of nitrogens with one attached hydrogen (secondary N) is 1. The third-order valence-electron chi connectivity index (χ3n) is 8.93. The first-order valence-electron chi connectivity index (χ1n) is 17.6. The Balaban J connectivity index is 0.00000924. The monoisotopic (exact) mass is 705 g/mol. The largest absolute Gasteiger partial charge is 0.472 e. The Hall–Kier alpha value is -1.40. The van der Waals surface area contributed by atoms with Crippen molar-refractivity contribution in [1.82, 2.24) is 5.32 Å². The average molecular weight is 706 g/mol. The highest BCUT2D eigenvalue weighted by atomic mass is 127. The van der Waals surface area contributed by atoms with E-state index < -0.39 is 5.72 Å². The van der Waals surface area contributed by atoms with Crippen molar-refractivity contribution in [2.45, 2.75) is 155 Å². The number of ketones is 1. The normalized spacial score (nSPS) is 13.2. The lowest BCUT2D eigenvalue weighted by Gasteiger charge is -2.38. The minimum absolute atomic E-state index is 0. The fourth-order valence-corrected chi connectivity index (χ4v) is 5.84. The highest BCUT2D eigenvalue weighted by Gasteiger charge is 2.33. The maximum absolute atomic E-state index is 13.4. The van der Waals surface area contributed by atoms with Crippen LogP contribution < -0.4 is 10.1 Å². The summed E-state index contributed by atoms with van der Waals surface area (Å²) in [4.78, 5) is 13.4. The van der Waals surface area contributed by atoms with Crippen molar-refractivity contribution >= 4 is 29.8 Å². The van der Waals surface area contributed by atoms with Crippen LogP contribution >= 0.6 is 24.0 Å². The Morgan fingerprint density at radius 2 is 1.14 bits per heavy atom. The molecule has 1 N–H and O–H groups in total. The zero-order valence-electron chi connectivity index (χ0n) is 28.1. The SMILES string of the molecule is CCCCCCCCCCCCCCCCC(C)C(C)(NCCCCCC)Oc1ccccc1C(=O)c1ccccc1.I. The number of unbranched alkanes of at least 4 members (excludes halogenated alkanes) is 16. The van der Waals surface area contributed by atoms with Crippen molar-refractivity contribution in [2.24, 2.45) is 5.92 Å². The summed E-state index contributed by atoms with van der Waals surface area (Å²) >= 11 is 0. The van der Waals surface area contributed by atoms with Crippen molar-refractivity contribution in [3.63, 3.8) is 0 Å². The summed E-state index contributed by atoms with van der Waals surface area (Å²) in [6.07, 6.45) is 25.3. The molecule has 0 bridgehead atoms. The van der Waals surface area contributed by atoms with Crippen molar-refractivity contribution < 1.29 is 9.53 Å². The summed E-state index contributed by atoms with van der Waals surface area (Å²) in [5.41, 5.74) is 0.792. The van der Waals surface area contributed by atoms with Gasteiger partial charge in [0.2, 0.25) is 0 Å². The van der Waals surface area contributed by atoms with E-state index in [1.165, 1.54) is 109 Å². The van der Waals surface area contributed by atoms with Gasteiger partial charge in [0.15, 0.2) is 11.5 Å². The molecule has 3 nitrogen and oxygen atoms in total. The first kappa shape index (κ1) is 39.6. The van der Waals surface area contributed by atoms with E-state index >= 15 is 0 Å². The summed E-state index contributed by atoms with van der Waals surface area (Å²) < 4.78 is 6.78. The number of benzene rings is 2. The van der Waals surface area contributed by atoms with Gasteiger partial charge in [-0.3, -0.25) is 10.1 Å². The molecule has 0 aliphatic heterocycles. The molecule has 0 fully saturated rings. The van der Waals surface area contributed by atoms with Crippen LogP contribution in [0, 0.1) is 5.92 Å². The van der Waals surface area contributed by atoms with Crippen LogP contribution in [0.15, 0.2) is 54.6 Å². The molecule has 2 aromatic carbocycles. The van der Waals surface area contributed by atoms with Gasteiger partial charge in [-0.1, -0.05) is 172 Å². The molecule has 2 rings (SSSR count). The predicted octanol–water partition coefficient (Wildman–Crippen LogP) is 12.3. The Morgan fingerprint density at radius 3 is 1.70 bits per heavy atom. The van der Waals surface area contributed by atoms with Crippen molar-refractivity contribution in [1.29, 1.82) is 0 Å². The number of rotatable bonds is 26. The second-order valence-electron chi connectivity index (χ2n) is 12.7. The molecule has 43 heavy (non-hydrogen) atoms. The second kappa shape index (κ2) is 24.9. The van der Waals surface area contributed by atoms with Gasteiger partial charge in [-0.05, 0) is 38.4 Å². The van der Waals surface area contributed by atoms with Gasteiger partial charge in [-0.25, -0.2) is 0 Å². The van der Waals surface area contributed by atoms with Gasteiger partial charge in [0.05, 0.1) is 5.56 Å². The van der Waals surface area contributed by atoms with E-state index in [4.69, 9.17) is 4.74 Å². The summed E-state index contributed by atoms with van der Waals surface area (Å²) in [6.45, 7) is 9.96. The molecule has 4 heteroatoms. The second-order valence-corrected chi connectivity index (χ2v) is 12.7. The molecule has 2 aromatic rings. The number of hydrogen-bond acceptors (Lipinski definition) is 3. The van der Waals surface area contributed by atoms with Crippen LogP contribution in [-0.2, 0) is 0 Å². The number of ether oxygens (including phenoxy) is 1. The van der Waals surface area contributed by atoms with Gasteiger partial charge in [-0.2, -0.15) is 0 Å². The topological polar surface area (TPSA) is 38.3 Å². The van der Waals surface area contributed by atoms with E-state index in [0.29, 0.717) is 22.8 Å². The van der Waals surface area contributed by atoms with E-state index in [1.807, 2.05) is 54.6 Å². The Bertz CT molecular complexity index is 949. The third-order valence-corrected chi connectivity index (χ3v) is 8.93. The molecule has 0 radical (unpaired) electrons. The summed E-state index contributed by atoms with van der Waals surface area (Å²) in [6, 6.07) is 17.3. The molecule has 2 atom stereocenters. The van der Waals surface area contributed by atoms with Crippen LogP contribution in [0.3, 0.4) is 0 Å². The standard InChI is InChI=1S/C39H63NO2.HI/c1-5-7-9-11-12-13-14-15-16-17-18-19-20-22-28-34(3)39(4,40-33-27-10-8-6-2)42-37-32-26-25-31-36(37)38(41)35-29-23-21-24-30-35;/h21,23-26,29-32,34,40H,5-20,22,27-28,33H2,1-4H3;1H. The zero-order valence-corrected chi connectivity index (χ0v) is 30.5. The highest BCUT2D eigenvalue weighted by Crippen LogP contribution is 2.31. The van der Waals surface area contributed by atoms with Gasteiger partial charge in [-0.15, -0.1) is 24.0 Å². The molecular formula is C39H64INO2. The molecule has 2 unspecified atom stereocenters. The summed E-state index contributed by atoms with van der Waals surface area (Å²) in [5.74, 6) is 1.000. The number of halogens is 1. The molecule has 0 spiro atoms. The minimum Gasteiger partial charge on any atom is -0.472 e. The van der Waals surface area contributed by atoms with E-state index in [-0.39, 0.29) is 29.8 Å². The van der Waals surface area contributed by atoms with E-state index in [9.17, 15) is 4.79 Å². The van der Waals surface area contributed by atoms with Gasteiger partial charge < -0.3 is 4.74 Å². The number of para-hydroxylation sites is 1. The van der Waals surface area contributed by atoms with Gasteiger partial charge >= 0.3 is 0 Å². The summed E-state index contributed by atoms with van der Waals surface area (Å²) in [7, 11) is 0. The molecule has 0 amide bonds. The van der Waals surface area contributed by atoms with Crippen LogP contribution in [0.4, 0.5) is 0 Å². The number of hydrogen-bond donors (Lipinski definition) is 1. The maximum Gasteiger partial charge on any atom is 0.196 e. The van der Waals surface area contributed by atoms with E-state index in [1.54, 1.807) is 0 Å². The van der Waals surface area contributed by atoms with Gasteiger partial charge in [0.1, 0.15) is 5.75 Å². The van der Waals surface area contributed by atoms with Crippen LogP contribution in [0.1, 0.15) is 166 Å². The zero-order chi connectivity index (χ0) is 30.3. The molecule has 0 aliphatic carbocycles. The fraction of sp³-hybridized carbons (Fsp3) is 0.667. The molecule has 0 aliphatic rings. The molecule has 0 saturated carbocycles. The van der Waals surface area contributed by atoms with Crippen LogP contribution in [0.2, 0.25) is 0 Å². The van der Waals surface area contributed by atoms with Crippen LogP contribution in [-0.4, -0.2) is 18.1 Å². The van der Waals surface area contributed by atoms with E-state index in [2.05, 4.69) is 33.0 Å². The van der Waals surface area contributed by atoms with E-state index in [0.717, 1.165) is 19.4 Å². The molecule has 244 valence electrons. The molecular weight excluding hydrogens is 641 g/mol. The van der Waals surface area contributed by atoms with Gasteiger partial charge in [0, 0.05) is 11.5 Å². The first-order valence-corrected chi connectivity index (χ1v) is 17.6. The Kier molecular flexibility index (Phi) is 22.9. The lowest BCUT2D eigenvalue weighted by molar-refractivity contribution is -0.00524. The molecule has 0 heterocycles. The fourth-order valence-electron chi connectivity index (χ4n) is 5.84. The number of carbonyl (C=O) groups excluding carboxylic acids is 1. The lowest BCUT2D eigenvalue weighted by atomic mass is 9.91. The maximum atomic E-state index is 13.4. The predicted molar refractivity (Wildman–Crippen MR) is 197 cm³/mol. The van der Waals surface area contributed by atoms with Crippen molar-refractivity contribution in [3.8, 4) is 5.75 Å². The van der Waals surface area contributed by atoms with Crippen molar-refractivity contribution in [2.75, 3.05) is 6.54 Å². The van der Waals surface area contributed by atoms with Crippen LogP contribution in [0.5, 0.6) is 5.75 Å².